The fraction of sp³-hybridized carbons (Fsp3) is 0.207. The number of anilines is 1. The lowest BCUT2D eigenvalue weighted by atomic mass is 10.1. The number of carbonyl (C=O) groups is 2. The molecule has 9 nitrogen and oxygen atoms in total. The second-order valence-electron chi connectivity index (χ2n) is 9.60. The molecule has 42 heavy (non-hydrogen) atoms. The highest BCUT2D eigenvalue weighted by molar-refractivity contribution is 7.89. The van der Waals surface area contributed by atoms with E-state index in [1.54, 1.807) is 60.8 Å². The molecular formula is C29H26F3N5O4S. The first-order valence-electron chi connectivity index (χ1n) is 12.9. The minimum atomic E-state index is -4.52. The lowest BCUT2D eigenvalue weighted by molar-refractivity contribution is -0.137. The predicted octanol–water partition coefficient (Wildman–Crippen LogP) is 4.48. The van der Waals surface area contributed by atoms with Gasteiger partial charge in [-0.05, 0) is 47.9 Å². The third-order valence-electron chi connectivity index (χ3n) is 6.89. The van der Waals surface area contributed by atoms with Gasteiger partial charge in [0.15, 0.2) is 0 Å². The van der Waals surface area contributed by atoms with E-state index < -0.39 is 39.7 Å². The highest BCUT2D eigenvalue weighted by atomic mass is 32.2. The molecule has 13 heteroatoms. The van der Waals surface area contributed by atoms with Crippen LogP contribution in [0.25, 0.3) is 10.8 Å². The molecule has 1 fully saturated rings. The Kier molecular flexibility index (Phi) is 8.14. The quantitative estimate of drug-likeness (QED) is 0.341. The Morgan fingerprint density at radius 3 is 2.33 bits per heavy atom. The fourth-order valence-corrected chi connectivity index (χ4v) is 6.53. The van der Waals surface area contributed by atoms with Gasteiger partial charge in [-0.3, -0.25) is 9.78 Å². The van der Waals surface area contributed by atoms with Gasteiger partial charge in [-0.15, -0.1) is 0 Å². The zero-order valence-electron chi connectivity index (χ0n) is 22.1. The number of sulfonamides is 1. The number of carbonyl (C=O) groups excluding carboxylic acids is 2. The average molecular weight is 598 g/mol. The van der Waals surface area contributed by atoms with E-state index in [4.69, 9.17) is 0 Å². The summed E-state index contributed by atoms with van der Waals surface area (Å²) in [5.74, 6) is -0.628. The second-order valence-corrected chi connectivity index (χ2v) is 11.5. The summed E-state index contributed by atoms with van der Waals surface area (Å²) in [6.07, 6.45) is -2.96. The SMILES string of the molecule is O=C(NCc1ccccn1)C1CN(C(=O)Nc2ccc(C(F)(F)F)cc2)CCN1S(=O)(=O)c1cccc2ccccc12. The van der Waals surface area contributed by atoms with Crippen LogP contribution in [0.5, 0.6) is 0 Å². The van der Waals surface area contributed by atoms with E-state index in [1.165, 1.54) is 11.0 Å². The minimum absolute atomic E-state index is 0.0331. The van der Waals surface area contributed by atoms with Gasteiger partial charge in [-0.25, -0.2) is 13.2 Å². The van der Waals surface area contributed by atoms with Crippen molar-refractivity contribution in [2.24, 2.45) is 0 Å². The van der Waals surface area contributed by atoms with Crippen molar-refractivity contribution in [1.82, 2.24) is 19.5 Å². The number of piperazine rings is 1. The predicted molar refractivity (Wildman–Crippen MR) is 150 cm³/mol. The number of fused-ring (bicyclic) bond motifs is 1. The van der Waals surface area contributed by atoms with Gasteiger partial charge in [0.05, 0.1) is 22.7 Å². The number of benzene rings is 3. The molecule has 218 valence electrons. The van der Waals surface area contributed by atoms with Crippen molar-refractivity contribution >= 4 is 38.4 Å². The maximum absolute atomic E-state index is 14.0. The smallest absolute Gasteiger partial charge is 0.349 e. The number of urea groups is 1. The number of nitrogens with one attached hydrogen (secondary N) is 2. The molecule has 1 aliphatic heterocycles. The van der Waals surface area contributed by atoms with E-state index in [0.29, 0.717) is 16.5 Å². The summed E-state index contributed by atoms with van der Waals surface area (Å²) in [5, 5.41) is 6.45. The molecule has 0 bridgehead atoms. The van der Waals surface area contributed by atoms with Gasteiger partial charge < -0.3 is 15.5 Å². The van der Waals surface area contributed by atoms with Crippen molar-refractivity contribution in [3.05, 3.63) is 102 Å². The highest BCUT2D eigenvalue weighted by Crippen LogP contribution is 2.31. The molecular weight excluding hydrogens is 571 g/mol. The van der Waals surface area contributed by atoms with Crippen molar-refractivity contribution in [2.45, 2.75) is 23.7 Å². The van der Waals surface area contributed by atoms with Gasteiger partial charge >= 0.3 is 12.2 Å². The van der Waals surface area contributed by atoms with E-state index in [1.807, 2.05) is 0 Å². The summed E-state index contributed by atoms with van der Waals surface area (Å²) in [5.41, 5.74) is -0.186. The van der Waals surface area contributed by atoms with Crippen LogP contribution in [-0.4, -0.2) is 60.2 Å². The molecule has 0 radical (unpaired) electrons. The van der Waals surface area contributed by atoms with E-state index in [0.717, 1.165) is 28.6 Å². The molecule has 1 saturated heterocycles. The van der Waals surface area contributed by atoms with E-state index >= 15 is 0 Å². The van der Waals surface area contributed by atoms with E-state index in [2.05, 4.69) is 15.6 Å². The molecule has 1 aliphatic rings. The monoisotopic (exact) mass is 597 g/mol. The molecule has 3 amide bonds. The normalized spacial score (nSPS) is 16.3. The summed E-state index contributed by atoms with van der Waals surface area (Å²) in [4.78, 5) is 32.0. The largest absolute Gasteiger partial charge is 0.416 e. The van der Waals surface area contributed by atoms with E-state index in [-0.39, 0.29) is 36.8 Å². The van der Waals surface area contributed by atoms with Crippen LogP contribution < -0.4 is 10.6 Å². The van der Waals surface area contributed by atoms with Crippen LogP contribution in [0.1, 0.15) is 11.3 Å². The molecule has 5 rings (SSSR count). The zero-order chi connectivity index (χ0) is 29.9. The van der Waals surface area contributed by atoms with Crippen LogP contribution in [0, 0.1) is 0 Å². The van der Waals surface area contributed by atoms with Crippen LogP contribution in [0.15, 0.2) is 96.0 Å². The molecule has 1 aromatic heterocycles. The first-order chi connectivity index (χ1) is 20.0. The third kappa shape index (κ3) is 6.21. The van der Waals surface area contributed by atoms with Crippen LogP contribution in [0.4, 0.5) is 23.7 Å². The highest BCUT2D eigenvalue weighted by Gasteiger charge is 2.42. The number of nitrogens with zero attached hydrogens (tertiary/aromatic N) is 3. The standard InChI is InChI=1S/C29H26F3N5O4S/c30-29(31,32)21-11-13-22(14-12-21)35-28(39)36-16-17-37(25(19-36)27(38)34-18-23-8-3-4-15-33-23)42(40,41)26-10-5-7-20-6-1-2-9-24(20)26/h1-15,25H,16-19H2,(H,34,38)(H,35,39). The maximum atomic E-state index is 14.0. The molecule has 1 unspecified atom stereocenters. The molecule has 2 N–H and O–H groups in total. The van der Waals surface area contributed by atoms with Gasteiger partial charge in [0, 0.05) is 36.9 Å². The number of rotatable bonds is 6. The minimum Gasteiger partial charge on any atom is -0.349 e. The third-order valence-corrected chi connectivity index (χ3v) is 8.86. The van der Waals surface area contributed by atoms with Crippen LogP contribution in [-0.2, 0) is 27.5 Å². The first-order valence-corrected chi connectivity index (χ1v) is 14.4. The van der Waals surface area contributed by atoms with Crippen molar-refractivity contribution in [1.29, 1.82) is 0 Å². The van der Waals surface area contributed by atoms with Gasteiger partial charge in [0.25, 0.3) is 0 Å². The van der Waals surface area contributed by atoms with Gasteiger partial charge in [0.2, 0.25) is 15.9 Å². The molecule has 0 saturated carbocycles. The number of aromatic nitrogens is 1. The van der Waals surface area contributed by atoms with Gasteiger partial charge in [0.1, 0.15) is 6.04 Å². The fourth-order valence-electron chi connectivity index (χ4n) is 4.74. The summed E-state index contributed by atoms with van der Waals surface area (Å²) in [6.45, 7) is -0.491. The Bertz CT molecular complexity index is 1690. The first kappa shape index (κ1) is 29.0. The number of hydrogen-bond donors (Lipinski definition) is 2. The van der Waals surface area contributed by atoms with Gasteiger partial charge in [-0.1, -0.05) is 42.5 Å². The molecule has 3 aromatic carbocycles. The number of pyridine rings is 1. The molecule has 4 aromatic rings. The molecule has 2 heterocycles. The average Bonchev–Trinajstić information content (AvgIpc) is 2.99. The summed E-state index contributed by atoms with van der Waals surface area (Å²) in [6, 6.07) is 19.0. The van der Waals surface area contributed by atoms with E-state index in [9.17, 15) is 31.2 Å². The number of amides is 3. The second kappa shape index (κ2) is 11.8. The summed E-state index contributed by atoms with van der Waals surface area (Å²) >= 11 is 0. The number of hydrogen-bond acceptors (Lipinski definition) is 5. The Morgan fingerprint density at radius 2 is 1.62 bits per heavy atom. The number of alkyl halides is 3. The Balaban J connectivity index is 1.40. The van der Waals surface area contributed by atoms with Crippen molar-refractivity contribution in [3.8, 4) is 0 Å². The maximum Gasteiger partial charge on any atom is 0.416 e. The Hall–Kier alpha value is -4.49. The van der Waals surface area contributed by atoms with Crippen LogP contribution in [0.3, 0.4) is 0 Å². The van der Waals surface area contributed by atoms with Crippen molar-refractivity contribution in [3.63, 3.8) is 0 Å². The Morgan fingerprint density at radius 1 is 0.905 bits per heavy atom. The van der Waals surface area contributed by atoms with Crippen LogP contribution in [0.2, 0.25) is 0 Å². The lowest BCUT2D eigenvalue weighted by Crippen LogP contribution is -2.61. The zero-order valence-corrected chi connectivity index (χ0v) is 22.9. The number of halogens is 3. The van der Waals surface area contributed by atoms with Crippen molar-refractivity contribution in [2.75, 3.05) is 25.0 Å². The molecule has 1 atom stereocenters. The summed E-state index contributed by atoms with van der Waals surface area (Å²) < 4.78 is 67.8. The van der Waals surface area contributed by atoms with Crippen LogP contribution >= 0.6 is 0 Å². The lowest BCUT2D eigenvalue weighted by Gasteiger charge is -2.39. The molecule has 0 spiro atoms. The topological polar surface area (TPSA) is 112 Å². The summed E-state index contributed by atoms with van der Waals surface area (Å²) in [7, 11) is -4.20. The molecule has 0 aliphatic carbocycles. The Labute approximate surface area is 240 Å². The van der Waals surface area contributed by atoms with Gasteiger partial charge in [-0.2, -0.15) is 17.5 Å². The van der Waals surface area contributed by atoms with Crippen molar-refractivity contribution < 1.29 is 31.2 Å².